The van der Waals surface area contributed by atoms with Gasteiger partial charge in [0.05, 0.1) is 12.8 Å². The van der Waals surface area contributed by atoms with Gasteiger partial charge in [0.15, 0.2) is 0 Å². The van der Waals surface area contributed by atoms with Crippen LogP contribution in [0.2, 0.25) is 10.0 Å². The van der Waals surface area contributed by atoms with Gasteiger partial charge in [-0.2, -0.15) is 0 Å². The van der Waals surface area contributed by atoms with Crippen molar-refractivity contribution >= 4 is 40.9 Å². The minimum Gasteiger partial charge on any atom is -0.467 e. The number of methoxy groups -OCH3 is 1. The number of ether oxygens (including phenoxy) is 1. The van der Waals surface area contributed by atoms with E-state index in [1.54, 1.807) is 12.1 Å². The van der Waals surface area contributed by atoms with Gasteiger partial charge in [0.25, 0.3) is 0 Å². The van der Waals surface area contributed by atoms with Gasteiger partial charge in [-0.3, -0.25) is 5.01 Å². The fraction of sp³-hybridized carbons (Fsp3) is 0.263. The van der Waals surface area contributed by atoms with E-state index in [4.69, 9.17) is 27.9 Å². The normalized spacial score (nSPS) is 18.4. The number of nitrogens with one attached hydrogen (secondary N) is 2. The number of carbonyl (C=O) groups excluding carboxylic acids is 2. The van der Waals surface area contributed by atoms with Gasteiger partial charge in [-0.25, -0.2) is 15.0 Å². The zero-order chi connectivity index (χ0) is 19.6. The number of amides is 2. The summed E-state index contributed by atoms with van der Waals surface area (Å²) < 4.78 is 4.98. The molecule has 1 heterocycles. The molecule has 0 saturated heterocycles. The number of urea groups is 1. The first-order valence-corrected chi connectivity index (χ1v) is 9.11. The van der Waals surface area contributed by atoms with Crippen LogP contribution >= 0.6 is 23.2 Å². The van der Waals surface area contributed by atoms with Crippen molar-refractivity contribution in [1.82, 2.24) is 10.7 Å². The summed E-state index contributed by atoms with van der Waals surface area (Å²) in [6.07, 6.45) is 0.384. The number of carbonyl (C=O) groups is 2. The summed E-state index contributed by atoms with van der Waals surface area (Å²) in [5.74, 6) is -0.619. The molecule has 8 heteroatoms. The van der Waals surface area contributed by atoms with Crippen molar-refractivity contribution < 1.29 is 14.3 Å². The minimum atomic E-state index is -0.737. The molecule has 0 aromatic heterocycles. The molecule has 0 unspecified atom stereocenters. The van der Waals surface area contributed by atoms with Crippen LogP contribution in [-0.2, 0) is 9.53 Å². The maximum atomic E-state index is 12.5. The Balaban J connectivity index is 2.19. The average molecular weight is 408 g/mol. The third kappa shape index (κ3) is 3.82. The number of benzene rings is 2. The molecular weight excluding hydrogens is 389 g/mol. The van der Waals surface area contributed by atoms with Crippen LogP contribution in [-0.4, -0.2) is 32.2 Å². The molecule has 3 rings (SSSR count). The predicted molar refractivity (Wildman–Crippen MR) is 105 cm³/mol. The first kappa shape index (κ1) is 19.3. The number of rotatable bonds is 3. The summed E-state index contributed by atoms with van der Waals surface area (Å²) in [7, 11) is 2.81. The van der Waals surface area contributed by atoms with Gasteiger partial charge in [-0.15, -0.1) is 0 Å². The predicted octanol–water partition coefficient (Wildman–Crippen LogP) is 3.72. The van der Waals surface area contributed by atoms with Crippen molar-refractivity contribution in [3.63, 3.8) is 0 Å². The molecule has 2 atom stereocenters. The number of halogens is 2. The zero-order valence-corrected chi connectivity index (χ0v) is 16.3. The van der Waals surface area contributed by atoms with E-state index in [0.29, 0.717) is 22.2 Å². The summed E-state index contributed by atoms with van der Waals surface area (Å²) in [4.78, 5) is 24.5. The van der Waals surface area contributed by atoms with E-state index in [0.717, 1.165) is 11.1 Å². The van der Waals surface area contributed by atoms with Crippen LogP contribution in [0, 0.1) is 0 Å². The van der Waals surface area contributed by atoms with Crippen LogP contribution in [0.15, 0.2) is 42.5 Å². The minimum absolute atomic E-state index is 0.155. The molecule has 0 saturated carbocycles. The van der Waals surface area contributed by atoms with Gasteiger partial charge in [-0.05, 0) is 24.1 Å². The highest BCUT2D eigenvalue weighted by molar-refractivity contribution is 6.35. The van der Waals surface area contributed by atoms with E-state index in [2.05, 4.69) is 10.7 Å². The molecule has 2 N–H and O–H groups in total. The van der Waals surface area contributed by atoms with Crippen molar-refractivity contribution in [3.8, 4) is 0 Å². The third-order valence-corrected chi connectivity index (χ3v) is 5.11. The number of hydrogen-bond acceptors (Lipinski definition) is 4. The van der Waals surface area contributed by atoms with Gasteiger partial charge in [0.1, 0.15) is 6.04 Å². The molecular formula is C19H19Cl2N3O3. The van der Waals surface area contributed by atoms with Crippen molar-refractivity contribution in [2.75, 3.05) is 19.2 Å². The topological polar surface area (TPSA) is 70.7 Å². The SMILES string of the molecule is CNC(=O)NN1c2cc(Cl)cc(Cl)c2[C@@H](c2ccccc2)C[C@@H]1C(=O)OC. The average Bonchev–Trinajstić information content (AvgIpc) is 2.68. The van der Waals surface area contributed by atoms with Crippen LogP contribution in [0.3, 0.4) is 0 Å². The molecule has 2 aromatic rings. The number of nitrogens with zero attached hydrogens (tertiary/aromatic N) is 1. The first-order valence-electron chi connectivity index (χ1n) is 8.35. The fourth-order valence-electron chi connectivity index (χ4n) is 3.36. The van der Waals surface area contributed by atoms with Crippen molar-refractivity contribution in [2.24, 2.45) is 0 Å². The molecule has 6 nitrogen and oxygen atoms in total. The van der Waals surface area contributed by atoms with Gasteiger partial charge in [0.2, 0.25) is 0 Å². The lowest BCUT2D eigenvalue weighted by molar-refractivity contribution is -0.142. The maximum absolute atomic E-state index is 12.5. The van der Waals surface area contributed by atoms with Gasteiger partial charge >= 0.3 is 12.0 Å². The fourth-order valence-corrected chi connectivity index (χ4v) is 3.97. The van der Waals surface area contributed by atoms with Crippen molar-refractivity contribution in [1.29, 1.82) is 0 Å². The summed E-state index contributed by atoms with van der Waals surface area (Å²) in [5, 5.41) is 4.83. The molecule has 27 heavy (non-hydrogen) atoms. The third-order valence-electron chi connectivity index (χ3n) is 4.58. The van der Waals surface area contributed by atoms with Gasteiger partial charge < -0.3 is 10.1 Å². The number of fused-ring (bicyclic) bond motifs is 1. The van der Waals surface area contributed by atoms with E-state index >= 15 is 0 Å². The molecule has 1 aliphatic rings. The standard InChI is InChI=1S/C19H19Cl2N3O3/c1-22-19(26)23-24-15-9-12(20)8-14(21)17(15)13(10-16(24)18(25)27-2)11-6-4-3-5-7-11/h3-9,13,16H,10H2,1-2H3,(H2,22,23,26)/t13-,16-/m1/s1. The molecule has 0 aliphatic carbocycles. The van der Waals surface area contributed by atoms with Crippen LogP contribution in [0.4, 0.5) is 10.5 Å². The molecule has 2 aromatic carbocycles. The molecule has 1 aliphatic heterocycles. The molecule has 0 radical (unpaired) electrons. The summed E-state index contributed by atoms with van der Waals surface area (Å²) >= 11 is 12.8. The van der Waals surface area contributed by atoms with Crippen molar-refractivity contribution in [2.45, 2.75) is 18.4 Å². The van der Waals surface area contributed by atoms with E-state index in [9.17, 15) is 9.59 Å². The van der Waals surface area contributed by atoms with E-state index in [-0.39, 0.29) is 5.92 Å². The smallest absolute Gasteiger partial charge is 0.333 e. The summed E-state index contributed by atoms with van der Waals surface area (Å²) in [5.41, 5.74) is 5.05. The lowest BCUT2D eigenvalue weighted by Crippen LogP contribution is -2.57. The van der Waals surface area contributed by atoms with Crippen molar-refractivity contribution in [3.05, 3.63) is 63.6 Å². The van der Waals surface area contributed by atoms with E-state index in [1.807, 2.05) is 30.3 Å². The number of hydrogen-bond donors (Lipinski definition) is 2. The quantitative estimate of drug-likeness (QED) is 0.760. The molecule has 2 amide bonds. The highest BCUT2D eigenvalue weighted by Gasteiger charge is 2.40. The molecule has 0 bridgehead atoms. The second-order valence-electron chi connectivity index (χ2n) is 6.12. The second-order valence-corrected chi connectivity index (χ2v) is 6.96. The lowest BCUT2D eigenvalue weighted by Gasteiger charge is -2.41. The Bertz CT molecular complexity index is 861. The maximum Gasteiger partial charge on any atom is 0.333 e. The molecule has 0 spiro atoms. The van der Waals surface area contributed by atoms with E-state index in [1.165, 1.54) is 19.2 Å². The Morgan fingerprint density at radius 2 is 1.89 bits per heavy atom. The summed E-state index contributed by atoms with van der Waals surface area (Å²) in [6, 6.07) is 11.9. The Morgan fingerprint density at radius 1 is 1.19 bits per heavy atom. The Kier molecular flexibility index (Phi) is 5.77. The molecule has 142 valence electrons. The number of esters is 1. The summed E-state index contributed by atoms with van der Waals surface area (Å²) in [6.45, 7) is 0. The van der Waals surface area contributed by atoms with Gasteiger partial charge in [-0.1, -0.05) is 53.5 Å². The Morgan fingerprint density at radius 3 is 2.52 bits per heavy atom. The van der Waals surface area contributed by atoms with Crippen LogP contribution in [0.25, 0.3) is 0 Å². The largest absolute Gasteiger partial charge is 0.467 e. The first-order chi connectivity index (χ1) is 13.0. The molecule has 0 fully saturated rings. The lowest BCUT2D eigenvalue weighted by atomic mass is 9.81. The number of anilines is 1. The van der Waals surface area contributed by atoms with Crippen LogP contribution in [0.1, 0.15) is 23.5 Å². The monoisotopic (exact) mass is 407 g/mol. The number of hydrazine groups is 1. The second kappa shape index (κ2) is 8.06. The Labute approximate surface area is 167 Å². The van der Waals surface area contributed by atoms with Gasteiger partial charge in [0, 0.05) is 28.6 Å². The Hall–Kier alpha value is -2.44. The van der Waals surface area contributed by atoms with Crippen LogP contribution < -0.4 is 15.8 Å². The zero-order valence-electron chi connectivity index (χ0n) is 14.8. The van der Waals surface area contributed by atoms with Crippen LogP contribution in [0.5, 0.6) is 0 Å². The highest BCUT2D eigenvalue weighted by atomic mass is 35.5. The van der Waals surface area contributed by atoms with E-state index < -0.39 is 18.0 Å². The highest BCUT2D eigenvalue weighted by Crippen LogP contribution is 2.46.